The Morgan fingerprint density at radius 1 is 0.524 bits per heavy atom. The summed E-state index contributed by atoms with van der Waals surface area (Å²) in [4.78, 5) is 7.02. The van der Waals surface area contributed by atoms with E-state index in [2.05, 4.69) is 35.8 Å². The second kappa shape index (κ2) is 13.5. The van der Waals surface area contributed by atoms with Gasteiger partial charge in [-0.2, -0.15) is 0 Å². The number of nitrogens with zero attached hydrogens (tertiary/aromatic N) is 3. The first-order chi connectivity index (χ1) is 9.68. The number of likely N-dealkylation sites (tertiary alicyclic amines) is 2. The minimum absolute atomic E-state index is 0. The fourth-order valence-corrected chi connectivity index (χ4v) is 2.58. The molecule has 4 heteroatoms. The van der Waals surface area contributed by atoms with E-state index in [1.165, 1.54) is 58.3 Å². The Morgan fingerprint density at radius 3 is 1.05 bits per heavy atom. The van der Waals surface area contributed by atoms with Crippen LogP contribution in [-0.4, -0.2) is 88.3 Å². The molecule has 3 saturated heterocycles. The maximum Gasteiger partial charge on any atom is 0.0594 e. The van der Waals surface area contributed by atoms with E-state index in [1.807, 2.05) is 0 Å². The summed E-state index contributed by atoms with van der Waals surface area (Å²) in [6.07, 6.45) is 7.10. The Kier molecular flexibility index (Phi) is 13.4. The molecule has 3 aliphatic heterocycles. The minimum atomic E-state index is 0. The van der Waals surface area contributed by atoms with Crippen LogP contribution < -0.4 is 0 Å². The monoisotopic (exact) mass is 301 g/mol. The third-order valence-corrected chi connectivity index (χ3v) is 4.14. The molecule has 0 bridgehead atoms. The van der Waals surface area contributed by atoms with Gasteiger partial charge < -0.3 is 19.4 Å². The van der Waals surface area contributed by atoms with Crippen LogP contribution in [0, 0.1) is 0 Å². The molecule has 0 aliphatic carbocycles. The standard InChI is InChI=1S/C6H13N.C5H11NO.C5H11N.CH4/c1-7-5-3-2-4-6-7;1-6-2-4-7-5-3-6;1-6-4-2-3-5-6;/h2-6H2,1H3;2-5H2,1H3;2-5H2,1H3;1H4. The van der Waals surface area contributed by atoms with E-state index in [9.17, 15) is 0 Å². The Hall–Kier alpha value is -0.160. The first-order valence-corrected chi connectivity index (χ1v) is 8.32. The average Bonchev–Trinajstić information content (AvgIpc) is 2.93. The van der Waals surface area contributed by atoms with Crippen molar-refractivity contribution in [2.75, 3.05) is 73.6 Å². The predicted octanol–water partition coefficient (Wildman–Crippen LogP) is 2.40. The van der Waals surface area contributed by atoms with Crippen molar-refractivity contribution in [1.29, 1.82) is 0 Å². The van der Waals surface area contributed by atoms with Crippen molar-refractivity contribution in [3.63, 3.8) is 0 Å². The predicted molar refractivity (Wildman–Crippen MR) is 93.1 cm³/mol. The number of likely N-dealkylation sites (N-methyl/N-ethyl adjacent to an activating group) is 1. The smallest absolute Gasteiger partial charge is 0.0594 e. The second-order valence-corrected chi connectivity index (χ2v) is 6.29. The molecule has 0 radical (unpaired) electrons. The zero-order chi connectivity index (χ0) is 14.6. The highest BCUT2D eigenvalue weighted by atomic mass is 16.5. The van der Waals surface area contributed by atoms with Gasteiger partial charge in [0.15, 0.2) is 0 Å². The molecule has 3 fully saturated rings. The van der Waals surface area contributed by atoms with Crippen LogP contribution in [0.1, 0.15) is 39.5 Å². The normalized spacial score (nSPS) is 24.1. The van der Waals surface area contributed by atoms with Crippen molar-refractivity contribution in [1.82, 2.24) is 14.7 Å². The summed E-state index contributed by atoms with van der Waals surface area (Å²) in [5.74, 6) is 0. The van der Waals surface area contributed by atoms with Gasteiger partial charge in [-0.1, -0.05) is 13.8 Å². The number of ether oxygens (including phenoxy) is 1. The van der Waals surface area contributed by atoms with Crippen LogP contribution in [0.25, 0.3) is 0 Å². The fraction of sp³-hybridized carbons (Fsp3) is 1.00. The zero-order valence-corrected chi connectivity index (χ0v) is 13.9. The van der Waals surface area contributed by atoms with Gasteiger partial charge >= 0.3 is 0 Å². The number of morpholine rings is 1. The largest absolute Gasteiger partial charge is 0.379 e. The summed E-state index contributed by atoms with van der Waals surface area (Å²) < 4.78 is 5.10. The van der Waals surface area contributed by atoms with Gasteiger partial charge in [-0.3, -0.25) is 0 Å². The molecule has 0 unspecified atom stereocenters. The van der Waals surface area contributed by atoms with Crippen molar-refractivity contribution < 1.29 is 4.74 Å². The van der Waals surface area contributed by atoms with Crippen molar-refractivity contribution in [2.45, 2.75) is 39.5 Å². The van der Waals surface area contributed by atoms with E-state index in [4.69, 9.17) is 4.74 Å². The Labute approximate surface area is 133 Å². The second-order valence-electron chi connectivity index (χ2n) is 6.29. The van der Waals surface area contributed by atoms with E-state index in [0.717, 1.165) is 26.3 Å². The molecular weight excluding hydrogens is 262 g/mol. The number of hydrogen-bond donors (Lipinski definition) is 0. The van der Waals surface area contributed by atoms with Crippen LogP contribution in [0.15, 0.2) is 0 Å². The number of piperidine rings is 1. The average molecular weight is 302 g/mol. The summed E-state index contributed by atoms with van der Waals surface area (Å²) >= 11 is 0. The van der Waals surface area contributed by atoms with Crippen molar-refractivity contribution in [3.05, 3.63) is 0 Å². The van der Waals surface area contributed by atoms with Gasteiger partial charge in [-0.25, -0.2) is 0 Å². The van der Waals surface area contributed by atoms with Gasteiger partial charge in [-0.15, -0.1) is 0 Å². The fourth-order valence-electron chi connectivity index (χ4n) is 2.58. The Morgan fingerprint density at radius 2 is 0.857 bits per heavy atom. The molecule has 0 saturated carbocycles. The molecule has 4 nitrogen and oxygen atoms in total. The summed E-state index contributed by atoms with van der Waals surface area (Å²) in [6, 6.07) is 0. The third kappa shape index (κ3) is 12.1. The summed E-state index contributed by atoms with van der Waals surface area (Å²) in [6.45, 7) is 9.30. The maximum atomic E-state index is 5.10. The van der Waals surface area contributed by atoms with E-state index < -0.39 is 0 Å². The summed E-state index contributed by atoms with van der Waals surface area (Å²) in [5.41, 5.74) is 0. The molecule has 3 heterocycles. The lowest BCUT2D eigenvalue weighted by molar-refractivity contribution is 0.0503. The molecule has 0 aromatic heterocycles. The van der Waals surface area contributed by atoms with E-state index in [-0.39, 0.29) is 7.43 Å². The third-order valence-electron chi connectivity index (χ3n) is 4.14. The van der Waals surface area contributed by atoms with Crippen LogP contribution in [0.4, 0.5) is 0 Å². The highest BCUT2D eigenvalue weighted by molar-refractivity contribution is 4.59. The lowest BCUT2D eigenvalue weighted by Gasteiger charge is -2.21. The van der Waals surface area contributed by atoms with Gasteiger partial charge in [-0.05, 0) is 73.0 Å². The molecule has 3 rings (SSSR count). The zero-order valence-electron chi connectivity index (χ0n) is 13.9. The number of rotatable bonds is 0. The number of hydrogen-bond acceptors (Lipinski definition) is 4. The van der Waals surface area contributed by atoms with Crippen LogP contribution >= 0.6 is 0 Å². The molecule has 0 aromatic rings. The lowest BCUT2D eigenvalue weighted by atomic mass is 10.1. The molecule has 0 aromatic carbocycles. The van der Waals surface area contributed by atoms with E-state index >= 15 is 0 Å². The van der Waals surface area contributed by atoms with Crippen molar-refractivity contribution in [2.24, 2.45) is 0 Å². The SMILES string of the molecule is C.CN1CCCC1.CN1CCCCC1.CN1CCOCC1. The highest BCUT2D eigenvalue weighted by Gasteiger charge is 2.03. The molecular formula is C17H39N3O. The van der Waals surface area contributed by atoms with Gasteiger partial charge in [0.2, 0.25) is 0 Å². The van der Waals surface area contributed by atoms with Gasteiger partial charge in [0.25, 0.3) is 0 Å². The first-order valence-electron chi connectivity index (χ1n) is 8.32. The van der Waals surface area contributed by atoms with Crippen molar-refractivity contribution >= 4 is 0 Å². The molecule has 0 spiro atoms. The van der Waals surface area contributed by atoms with Gasteiger partial charge in [0, 0.05) is 13.1 Å². The van der Waals surface area contributed by atoms with Crippen molar-refractivity contribution in [3.8, 4) is 0 Å². The lowest BCUT2D eigenvalue weighted by Crippen LogP contribution is -2.32. The van der Waals surface area contributed by atoms with Gasteiger partial charge in [0.1, 0.15) is 0 Å². The minimum Gasteiger partial charge on any atom is -0.379 e. The van der Waals surface area contributed by atoms with Crippen LogP contribution in [-0.2, 0) is 4.74 Å². The Bertz CT molecular complexity index is 192. The molecule has 0 atom stereocenters. The van der Waals surface area contributed by atoms with E-state index in [0.29, 0.717) is 0 Å². The van der Waals surface area contributed by atoms with E-state index in [1.54, 1.807) is 0 Å². The quantitative estimate of drug-likeness (QED) is 0.684. The first kappa shape index (κ1) is 20.8. The molecule has 3 aliphatic rings. The molecule has 0 N–H and O–H groups in total. The van der Waals surface area contributed by atoms with Crippen LogP contribution in [0.2, 0.25) is 0 Å². The summed E-state index contributed by atoms with van der Waals surface area (Å²) in [5, 5.41) is 0. The molecule has 21 heavy (non-hydrogen) atoms. The molecule has 128 valence electrons. The van der Waals surface area contributed by atoms with Crippen LogP contribution in [0.3, 0.4) is 0 Å². The Balaban J connectivity index is 0.000000280. The van der Waals surface area contributed by atoms with Crippen LogP contribution in [0.5, 0.6) is 0 Å². The highest BCUT2D eigenvalue weighted by Crippen LogP contribution is 2.04. The maximum absolute atomic E-state index is 5.10. The van der Waals surface area contributed by atoms with Gasteiger partial charge in [0.05, 0.1) is 13.2 Å². The summed E-state index contributed by atoms with van der Waals surface area (Å²) in [7, 11) is 6.48. The topological polar surface area (TPSA) is 19.0 Å². The molecule has 0 amide bonds.